The van der Waals surface area contributed by atoms with Gasteiger partial charge in [-0.2, -0.15) is 13.2 Å². The number of aliphatic hydroxyl groups is 1. The number of pyridine rings is 1. The number of nitrogens with zero attached hydrogens (tertiary/aromatic N) is 3. The molecule has 0 unspecified atom stereocenters. The Balaban J connectivity index is 2.26. The van der Waals surface area contributed by atoms with Crippen molar-refractivity contribution >= 4 is 11.8 Å². The largest absolute Gasteiger partial charge is 0.433 e. The zero-order valence-electron chi connectivity index (χ0n) is 9.85. The summed E-state index contributed by atoms with van der Waals surface area (Å²) in [6.07, 6.45) is -3.00. The lowest BCUT2D eigenvalue weighted by molar-refractivity contribution is -0.141. The summed E-state index contributed by atoms with van der Waals surface area (Å²) in [7, 11) is 1.68. The van der Waals surface area contributed by atoms with Gasteiger partial charge < -0.3 is 9.67 Å². The summed E-state index contributed by atoms with van der Waals surface area (Å²) in [5.41, 5.74) is -0.358. The number of rotatable bonds is 3. The second kappa shape index (κ2) is 5.22. The molecule has 0 bridgehead atoms. The molecule has 2 aromatic heterocycles. The first kappa shape index (κ1) is 13.9. The number of aromatic nitrogens is 3. The Bertz CT molecular complexity index is 583. The molecule has 2 heterocycles. The van der Waals surface area contributed by atoms with Gasteiger partial charge in [0.2, 0.25) is 0 Å². The summed E-state index contributed by atoms with van der Waals surface area (Å²) in [6, 6.07) is 3.70. The highest BCUT2D eigenvalue weighted by molar-refractivity contribution is 7.99. The molecule has 0 spiro atoms. The number of hydrogen-bond donors (Lipinski definition) is 1. The van der Waals surface area contributed by atoms with Crippen LogP contribution in [0.25, 0.3) is 0 Å². The molecule has 2 rings (SSSR count). The molecule has 0 aliphatic rings. The molecule has 2 aromatic rings. The van der Waals surface area contributed by atoms with Crippen LogP contribution in [-0.4, -0.2) is 19.6 Å². The number of aliphatic hydroxyl groups excluding tert-OH is 1. The van der Waals surface area contributed by atoms with Crippen molar-refractivity contribution < 1.29 is 18.3 Å². The van der Waals surface area contributed by atoms with Crippen molar-refractivity contribution in [2.45, 2.75) is 23.0 Å². The minimum Gasteiger partial charge on any atom is -0.390 e. The quantitative estimate of drug-likeness (QED) is 0.943. The van der Waals surface area contributed by atoms with Crippen LogP contribution >= 0.6 is 11.8 Å². The molecule has 8 heteroatoms. The maximum Gasteiger partial charge on any atom is 0.433 e. The van der Waals surface area contributed by atoms with Gasteiger partial charge in [-0.05, 0) is 23.9 Å². The molecule has 0 saturated carbocycles. The van der Waals surface area contributed by atoms with Crippen LogP contribution in [0.3, 0.4) is 0 Å². The summed E-state index contributed by atoms with van der Waals surface area (Å²) < 4.78 is 39.2. The monoisotopic (exact) mass is 289 g/mol. The average Bonchev–Trinajstić information content (AvgIpc) is 2.70. The Morgan fingerprint density at radius 2 is 2.11 bits per heavy atom. The Kier molecular flexibility index (Phi) is 3.81. The standard InChI is InChI=1S/C11H10F3N3OS/c1-17-7(6-18)5-15-10(17)19-9-4-2-3-8(16-9)11(12,13)14/h2-5,18H,6H2,1H3. The van der Waals surface area contributed by atoms with Crippen LogP contribution in [0.5, 0.6) is 0 Å². The molecule has 0 fully saturated rings. The summed E-state index contributed by atoms with van der Waals surface area (Å²) in [6.45, 7) is -0.180. The predicted molar refractivity (Wildman–Crippen MR) is 62.5 cm³/mol. The molecular formula is C11H10F3N3OS. The molecule has 0 aromatic carbocycles. The summed E-state index contributed by atoms with van der Waals surface area (Å²) in [5.74, 6) is 0. The van der Waals surface area contributed by atoms with Crippen molar-refractivity contribution in [1.29, 1.82) is 0 Å². The third-order valence-corrected chi connectivity index (χ3v) is 3.41. The Morgan fingerprint density at radius 3 is 2.68 bits per heavy atom. The molecule has 0 radical (unpaired) electrons. The van der Waals surface area contributed by atoms with Gasteiger partial charge in [-0.25, -0.2) is 9.97 Å². The van der Waals surface area contributed by atoms with Gasteiger partial charge in [0, 0.05) is 7.05 Å². The summed E-state index contributed by atoms with van der Waals surface area (Å²) in [4.78, 5) is 7.56. The highest BCUT2D eigenvalue weighted by atomic mass is 32.2. The highest BCUT2D eigenvalue weighted by Gasteiger charge is 2.32. The first-order valence-corrected chi connectivity index (χ1v) is 6.07. The van der Waals surface area contributed by atoms with Crippen LogP contribution < -0.4 is 0 Å². The maximum absolute atomic E-state index is 12.5. The van der Waals surface area contributed by atoms with E-state index in [4.69, 9.17) is 5.11 Å². The first-order chi connectivity index (χ1) is 8.91. The van der Waals surface area contributed by atoms with Crippen LogP contribution in [0.15, 0.2) is 34.6 Å². The van der Waals surface area contributed by atoms with Crippen molar-refractivity contribution in [2.24, 2.45) is 7.05 Å². The van der Waals surface area contributed by atoms with E-state index in [1.54, 1.807) is 11.6 Å². The fourth-order valence-corrected chi connectivity index (χ4v) is 2.23. The van der Waals surface area contributed by atoms with Crippen LogP contribution in [0.2, 0.25) is 0 Å². The van der Waals surface area contributed by atoms with Gasteiger partial charge in [0.05, 0.1) is 18.5 Å². The second-order valence-electron chi connectivity index (χ2n) is 3.71. The SMILES string of the molecule is Cn1c(CO)cnc1Sc1cccc(C(F)(F)F)n1. The number of alkyl halides is 3. The Morgan fingerprint density at radius 1 is 1.37 bits per heavy atom. The molecule has 1 N–H and O–H groups in total. The van der Waals surface area contributed by atoms with Crippen molar-refractivity contribution in [1.82, 2.24) is 14.5 Å². The fourth-order valence-electron chi connectivity index (χ4n) is 1.39. The van der Waals surface area contributed by atoms with Crippen LogP contribution in [0.1, 0.15) is 11.4 Å². The second-order valence-corrected chi connectivity index (χ2v) is 4.70. The topological polar surface area (TPSA) is 50.9 Å². The number of halogens is 3. The molecule has 0 aliphatic heterocycles. The minimum absolute atomic E-state index is 0.180. The van der Waals surface area contributed by atoms with E-state index in [1.165, 1.54) is 18.3 Å². The van der Waals surface area contributed by atoms with E-state index >= 15 is 0 Å². The third kappa shape index (κ3) is 3.07. The van der Waals surface area contributed by atoms with Crippen LogP contribution in [0.4, 0.5) is 13.2 Å². The van der Waals surface area contributed by atoms with Gasteiger partial charge in [-0.15, -0.1) is 0 Å². The van der Waals surface area contributed by atoms with Crippen molar-refractivity contribution in [2.75, 3.05) is 0 Å². The molecule has 102 valence electrons. The molecule has 0 amide bonds. The zero-order chi connectivity index (χ0) is 14.0. The van der Waals surface area contributed by atoms with Crippen LogP contribution in [0, 0.1) is 0 Å². The minimum atomic E-state index is -4.46. The molecule has 4 nitrogen and oxygen atoms in total. The number of imidazole rings is 1. The molecule has 0 saturated heterocycles. The lowest BCUT2D eigenvalue weighted by atomic mass is 10.3. The Labute approximate surface area is 111 Å². The van der Waals surface area contributed by atoms with Crippen molar-refractivity contribution in [3.63, 3.8) is 0 Å². The third-order valence-electron chi connectivity index (χ3n) is 2.41. The van der Waals surface area contributed by atoms with E-state index in [1.807, 2.05) is 0 Å². The smallest absolute Gasteiger partial charge is 0.390 e. The van der Waals surface area contributed by atoms with Gasteiger partial charge in [0.25, 0.3) is 0 Å². The van der Waals surface area contributed by atoms with Gasteiger partial charge in [-0.1, -0.05) is 6.07 Å². The lowest BCUT2D eigenvalue weighted by Crippen LogP contribution is -2.08. The van der Waals surface area contributed by atoms with E-state index in [-0.39, 0.29) is 11.6 Å². The number of hydrogen-bond acceptors (Lipinski definition) is 4. The predicted octanol–water partition coefficient (Wildman–Crippen LogP) is 2.48. The van der Waals surface area contributed by atoms with E-state index in [0.29, 0.717) is 10.9 Å². The molecular weight excluding hydrogens is 279 g/mol. The Hall–Kier alpha value is -1.54. The molecule has 19 heavy (non-hydrogen) atoms. The zero-order valence-corrected chi connectivity index (χ0v) is 10.7. The average molecular weight is 289 g/mol. The van der Waals surface area contributed by atoms with Gasteiger partial charge in [0.1, 0.15) is 10.7 Å². The maximum atomic E-state index is 12.5. The van der Waals surface area contributed by atoms with E-state index in [2.05, 4.69) is 9.97 Å². The van der Waals surface area contributed by atoms with Gasteiger partial charge in [-0.3, -0.25) is 0 Å². The fraction of sp³-hybridized carbons (Fsp3) is 0.273. The lowest BCUT2D eigenvalue weighted by Gasteiger charge is -2.07. The first-order valence-electron chi connectivity index (χ1n) is 5.25. The normalized spacial score (nSPS) is 11.8. The van der Waals surface area contributed by atoms with E-state index < -0.39 is 11.9 Å². The van der Waals surface area contributed by atoms with Crippen molar-refractivity contribution in [3.8, 4) is 0 Å². The summed E-state index contributed by atoms with van der Waals surface area (Å²) >= 11 is 1.01. The van der Waals surface area contributed by atoms with Gasteiger partial charge in [0.15, 0.2) is 5.16 Å². The van der Waals surface area contributed by atoms with Crippen LogP contribution in [-0.2, 0) is 19.8 Å². The molecule has 0 aliphatic carbocycles. The highest BCUT2D eigenvalue weighted by Crippen LogP contribution is 2.31. The van der Waals surface area contributed by atoms with Gasteiger partial charge >= 0.3 is 6.18 Å². The summed E-state index contributed by atoms with van der Waals surface area (Å²) in [5, 5.41) is 9.68. The van der Waals surface area contributed by atoms with Crippen molar-refractivity contribution in [3.05, 3.63) is 35.8 Å². The molecule has 0 atom stereocenters. The van der Waals surface area contributed by atoms with E-state index in [9.17, 15) is 13.2 Å². The van der Waals surface area contributed by atoms with E-state index in [0.717, 1.165) is 17.8 Å².